The van der Waals surface area contributed by atoms with Crippen LogP contribution in [0.25, 0.3) is 0 Å². The molecule has 1 aromatic carbocycles. The van der Waals surface area contributed by atoms with Crippen molar-refractivity contribution >= 4 is 0 Å². The zero-order valence-electron chi connectivity index (χ0n) is 12.3. The zero-order chi connectivity index (χ0) is 15.0. The van der Waals surface area contributed by atoms with E-state index in [1.165, 1.54) is 5.56 Å². The summed E-state index contributed by atoms with van der Waals surface area (Å²) in [4.78, 5) is 2.15. The van der Waals surface area contributed by atoms with Gasteiger partial charge in [0.25, 0.3) is 0 Å². The van der Waals surface area contributed by atoms with Crippen molar-refractivity contribution in [1.29, 1.82) is 10.5 Å². The van der Waals surface area contributed by atoms with Gasteiger partial charge in [-0.25, -0.2) is 0 Å². The van der Waals surface area contributed by atoms with Crippen LogP contribution in [-0.2, 0) is 0 Å². The lowest BCUT2D eigenvalue weighted by atomic mass is 10.0. The molecule has 0 fully saturated rings. The third kappa shape index (κ3) is 4.57. The van der Waals surface area contributed by atoms with Crippen molar-refractivity contribution in [3.8, 4) is 17.9 Å². The first-order valence-corrected chi connectivity index (χ1v) is 6.73. The second kappa shape index (κ2) is 8.19. The van der Waals surface area contributed by atoms with Gasteiger partial charge in [0.2, 0.25) is 0 Å². The first-order valence-electron chi connectivity index (χ1n) is 6.73. The van der Waals surface area contributed by atoms with Gasteiger partial charge in [-0.2, -0.15) is 10.5 Å². The molecule has 0 aliphatic heterocycles. The van der Waals surface area contributed by atoms with Gasteiger partial charge in [0.15, 0.2) is 0 Å². The Bertz CT molecular complexity index is 484. The monoisotopic (exact) mass is 271 g/mol. The van der Waals surface area contributed by atoms with E-state index in [1.54, 1.807) is 7.11 Å². The summed E-state index contributed by atoms with van der Waals surface area (Å²) in [5.74, 6) is 0.743. The molecule has 0 aromatic heterocycles. The molecule has 0 aliphatic rings. The molecule has 0 spiro atoms. The Morgan fingerprint density at radius 1 is 1.25 bits per heavy atom. The molecule has 4 heteroatoms. The van der Waals surface area contributed by atoms with Crippen LogP contribution in [0.3, 0.4) is 0 Å². The van der Waals surface area contributed by atoms with Gasteiger partial charge in [0.1, 0.15) is 5.75 Å². The molecule has 2 atom stereocenters. The predicted octanol–water partition coefficient (Wildman–Crippen LogP) is 3.13. The van der Waals surface area contributed by atoms with E-state index in [0.717, 1.165) is 5.75 Å². The Labute approximate surface area is 121 Å². The van der Waals surface area contributed by atoms with Crippen LogP contribution in [0.5, 0.6) is 5.75 Å². The fourth-order valence-corrected chi connectivity index (χ4v) is 2.08. The first-order chi connectivity index (χ1) is 9.62. The van der Waals surface area contributed by atoms with Gasteiger partial charge in [-0.05, 0) is 38.1 Å². The molecule has 1 rings (SSSR count). The van der Waals surface area contributed by atoms with Gasteiger partial charge in [0, 0.05) is 19.0 Å². The lowest BCUT2D eigenvalue weighted by Crippen LogP contribution is -2.28. The fraction of sp³-hybridized carbons (Fsp3) is 0.500. The molecule has 0 bridgehead atoms. The molecule has 0 saturated carbocycles. The van der Waals surface area contributed by atoms with E-state index in [0.29, 0.717) is 19.4 Å². The van der Waals surface area contributed by atoms with E-state index >= 15 is 0 Å². The van der Waals surface area contributed by atoms with Crippen LogP contribution in [-0.4, -0.2) is 25.6 Å². The van der Waals surface area contributed by atoms with Crippen molar-refractivity contribution in [1.82, 2.24) is 4.90 Å². The minimum Gasteiger partial charge on any atom is -0.497 e. The normalized spacial score (nSPS) is 13.3. The highest BCUT2D eigenvalue weighted by atomic mass is 16.5. The number of hydrogen-bond acceptors (Lipinski definition) is 4. The molecule has 0 amide bonds. The van der Waals surface area contributed by atoms with Crippen LogP contribution in [0.15, 0.2) is 24.3 Å². The lowest BCUT2D eigenvalue weighted by Gasteiger charge is -2.26. The Hall–Kier alpha value is -2.04. The van der Waals surface area contributed by atoms with Gasteiger partial charge in [0.05, 0.1) is 25.2 Å². The number of benzene rings is 1. The maximum Gasteiger partial charge on any atom is 0.118 e. The van der Waals surface area contributed by atoms with Crippen molar-refractivity contribution in [2.45, 2.75) is 25.8 Å². The topological polar surface area (TPSA) is 60.0 Å². The number of hydrogen-bond donors (Lipinski definition) is 0. The number of methoxy groups -OCH3 is 1. The number of nitriles is 2. The third-order valence-corrected chi connectivity index (χ3v) is 3.55. The SMILES string of the molecule is COc1ccc([C@H](C)N(C)C[C@H](C#N)CCC#N)cc1. The van der Waals surface area contributed by atoms with Gasteiger partial charge in [-0.15, -0.1) is 0 Å². The molecule has 1 aromatic rings. The summed E-state index contributed by atoms with van der Waals surface area (Å²) in [5, 5.41) is 17.7. The Balaban J connectivity index is 2.63. The van der Waals surface area contributed by atoms with Crippen molar-refractivity contribution in [2.24, 2.45) is 5.92 Å². The lowest BCUT2D eigenvalue weighted by molar-refractivity contribution is 0.235. The predicted molar refractivity (Wildman–Crippen MR) is 78.0 cm³/mol. The maximum atomic E-state index is 9.12. The first kappa shape index (κ1) is 16.0. The van der Waals surface area contributed by atoms with Crippen LogP contribution < -0.4 is 4.74 Å². The summed E-state index contributed by atoms with van der Waals surface area (Å²) in [6.07, 6.45) is 1.07. The van der Waals surface area contributed by atoms with Crippen LogP contribution in [0, 0.1) is 28.6 Å². The largest absolute Gasteiger partial charge is 0.497 e. The average molecular weight is 271 g/mol. The van der Waals surface area contributed by atoms with Crippen molar-refractivity contribution in [2.75, 3.05) is 20.7 Å². The Morgan fingerprint density at radius 3 is 2.40 bits per heavy atom. The van der Waals surface area contributed by atoms with E-state index in [-0.39, 0.29) is 12.0 Å². The van der Waals surface area contributed by atoms with Gasteiger partial charge in [-0.1, -0.05) is 12.1 Å². The molecular formula is C16H21N3O. The van der Waals surface area contributed by atoms with Crippen LogP contribution >= 0.6 is 0 Å². The minimum absolute atomic E-state index is 0.0969. The molecule has 106 valence electrons. The van der Waals surface area contributed by atoms with Gasteiger partial charge < -0.3 is 4.74 Å². The maximum absolute atomic E-state index is 9.12. The van der Waals surface area contributed by atoms with Crippen molar-refractivity contribution in [3.63, 3.8) is 0 Å². The standard InChI is InChI=1S/C16H21N3O/c1-13(15-6-8-16(20-3)9-7-15)19(2)12-14(11-18)5-4-10-17/h6-9,13-14H,4-5,12H2,1-3H3/t13-,14-/m0/s1. The Kier molecular flexibility index (Phi) is 6.56. The van der Waals surface area contributed by atoms with E-state index < -0.39 is 0 Å². The van der Waals surface area contributed by atoms with E-state index in [9.17, 15) is 0 Å². The summed E-state index contributed by atoms with van der Waals surface area (Å²) in [6, 6.07) is 12.6. The summed E-state index contributed by atoms with van der Waals surface area (Å²) >= 11 is 0. The molecule has 0 saturated heterocycles. The van der Waals surface area contributed by atoms with E-state index in [2.05, 4.69) is 24.0 Å². The van der Waals surface area contributed by atoms with Crippen molar-refractivity contribution in [3.05, 3.63) is 29.8 Å². The quantitative estimate of drug-likeness (QED) is 0.764. The van der Waals surface area contributed by atoms with Crippen LogP contribution in [0.1, 0.15) is 31.4 Å². The highest BCUT2D eigenvalue weighted by molar-refractivity contribution is 5.28. The molecule has 20 heavy (non-hydrogen) atoms. The number of nitrogens with zero attached hydrogens (tertiary/aromatic N) is 3. The Morgan fingerprint density at radius 2 is 1.90 bits per heavy atom. The highest BCUT2D eigenvalue weighted by Gasteiger charge is 2.16. The molecule has 0 heterocycles. The second-order valence-electron chi connectivity index (χ2n) is 4.91. The summed E-state index contributed by atoms with van der Waals surface area (Å²) in [7, 11) is 3.66. The zero-order valence-corrected chi connectivity index (χ0v) is 12.3. The number of rotatable bonds is 7. The second-order valence-corrected chi connectivity index (χ2v) is 4.91. The van der Waals surface area contributed by atoms with Crippen LogP contribution in [0.2, 0.25) is 0 Å². The average Bonchev–Trinajstić information content (AvgIpc) is 2.50. The number of ether oxygens (including phenoxy) is 1. The fourth-order valence-electron chi connectivity index (χ4n) is 2.08. The summed E-state index contributed by atoms with van der Waals surface area (Å²) in [6.45, 7) is 2.78. The summed E-state index contributed by atoms with van der Waals surface area (Å²) in [5.41, 5.74) is 1.19. The molecule has 0 N–H and O–H groups in total. The highest BCUT2D eigenvalue weighted by Crippen LogP contribution is 2.22. The molecule has 4 nitrogen and oxygen atoms in total. The molecule has 0 radical (unpaired) electrons. The van der Waals surface area contributed by atoms with Gasteiger partial charge >= 0.3 is 0 Å². The third-order valence-electron chi connectivity index (χ3n) is 3.55. The smallest absolute Gasteiger partial charge is 0.118 e. The van der Waals surface area contributed by atoms with Crippen LogP contribution in [0.4, 0.5) is 0 Å². The van der Waals surface area contributed by atoms with Gasteiger partial charge in [-0.3, -0.25) is 4.90 Å². The summed E-state index contributed by atoms with van der Waals surface area (Å²) < 4.78 is 5.15. The van der Waals surface area contributed by atoms with E-state index in [4.69, 9.17) is 15.3 Å². The molecular weight excluding hydrogens is 250 g/mol. The molecule has 0 unspecified atom stereocenters. The minimum atomic E-state index is -0.0969. The van der Waals surface area contributed by atoms with E-state index in [1.807, 2.05) is 31.3 Å². The van der Waals surface area contributed by atoms with Crippen molar-refractivity contribution < 1.29 is 4.74 Å². The molecule has 0 aliphatic carbocycles.